The van der Waals surface area contributed by atoms with Gasteiger partial charge in [-0.25, -0.2) is 0 Å². The third-order valence-corrected chi connectivity index (χ3v) is 6.89. The Kier molecular flexibility index (Phi) is 2.37. The minimum atomic E-state index is 0.382. The summed E-state index contributed by atoms with van der Waals surface area (Å²) >= 11 is 3.69. The molecule has 0 aromatic carbocycles. The van der Waals surface area contributed by atoms with Gasteiger partial charge in [0.25, 0.3) is 0 Å². The zero-order valence-electron chi connectivity index (χ0n) is 10.1. The van der Waals surface area contributed by atoms with Crippen LogP contribution < -0.4 is 5.32 Å². The van der Waals surface area contributed by atoms with Crippen LogP contribution in [0, 0.1) is 29.6 Å². The zero-order chi connectivity index (χ0) is 11.6. The van der Waals surface area contributed by atoms with Crippen LogP contribution >= 0.6 is 15.9 Å². The number of rotatable bonds is 2. The Morgan fingerprint density at radius 2 is 1.76 bits per heavy atom. The van der Waals surface area contributed by atoms with Crippen LogP contribution in [0.25, 0.3) is 0 Å². The van der Waals surface area contributed by atoms with Gasteiger partial charge in [-0.1, -0.05) is 22.4 Å². The number of carbonyl (C=O) groups excluding carboxylic acids is 1. The van der Waals surface area contributed by atoms with Crippen molar-refractivity contribution in [2.45, 2.75) is 49.4 Å². The lowest BCUT2D eigenvalue weighted by molar-refractivity contribution is -0.123. The van der Waals surface area contributed by atoms with Crippen molar-refractivity contribution in [3.8, 4) is 0 Å². The zero-order valence-corrected chi connectivity index (χ0v) is 11.7. The van der Waals surface area contributed by atoms with Crippen molar-refractivity contribution in [2.24, 2.45) is 29.6 Å². The first kappa shape index (κ1) is 10.8. The SMILES string of the molecule is O=C(NC1CCCC1Br)C1C2C3CCC(C3)C12. The molecule has 2 nitrogen and oxygen atoms in total. The van der Waals surface area contributed by atoms with E-state index in [0.29, 0.717) is 22.7 Å². The van der Waals surface area contributed by atoms with Crippen LogP contribution in [0.2, 0.25) is 0 Å². The molecule has 4 rings (SSSR count). The molecule has 0 aromatic heterocycles. The summed E-state index contributed by atoms with van der Waals surface area (Å²) < 4.78 is 0. The number of halogens is 1. The van der Waals surface area contributed by atoms with Crippen molar-refractivity contribution in [1.29, 1.82) is 0 Å². The minimum absolute atomic E-state index is 0.382. The molecule has 0 spiro atoms. The lowest BCUT2D eigenvalue weighted by Gasteiger charge is -2.17. The first-order valence-corrected chi connectivity index (χ1v) is 8.11. The topological polar surface area (TPSA) is 29.1 Å². The average molecular weight is 298 g/mol. The molecule has 0 saturated heterocycles. The van der Waals surface area contributed by atoms with Crippen LogP contribution in [0.3, 0.4) is 0 Å². The number of amides is 1. The standard InChI is InChI=1S/C14H20BrNO/c15-9-2-1-3-10(9)16-14(17)13-11-7-4-5-8(6-7)12(11)13/h7-13H,1-6H2,(H,16,17). The first-order valence-electron chi connectivity index (χ1n) is 7.20. The van der Waals surface area contributed by atoms with Gasteiger partial charge in [0.05, 0.1) is 0 Å². The molecule has 4 aliphatic rings. The van der Waals surface area contributed by atoms with Crippen LogP contribution in [-0.2, 0) is 4.79 Å². The molecule has 2 bridgehead atoms. The Morgan fingerprint density at radius 3 is 2.35 bits per heavy atom. The molecule has 0 aliphatic heterocycles. The molecule has 0 heterocycles. The van der Waals surface area contributed by atoms with Crippen molar-refractivity contribution in [3.05, 3.63) is 0 Å². The Bertz CT molecular complexity index is 342. The highest BCUT2D eigenvalue weighted by Crippen LogP contribution is 2.69. The van der Waals surface area contributed by atoms with Gasteiger partial charge in [-0.3, -0.25) is 4.79 Å². The maximum absolute atomic E-state index is 12.3. The highest BCUT2D eigenvalue weighted by molar-refractivity contribution is 9.09. The maximum atomic E-state index is 12.3. The van der Waals surface area contributed by atoms with Gasteiger partial charge in [0.1, 0.15) is 0 Å². The van der Waals surface area contributed by atoms with E-state index in [0.717, 1.165) is 30.1 Å². The third-order valence-electron chi connectivity index (χ3n) is 5.80. The molecule has 0 aromatic rings. The quantitative estimate of drug-likeness (QED) is 0.780. The fraction of sp³-hybridized carbons (Fsp3) is 0.929. The second-order valence-electron chi connectivity index (χ2n) is 6.58. The summed E-state index contributed by atoms with van der Waals surface area (Å²) in [5, 5.41) is 3.30. The smallest absolute Gasteiger partial charge is 0.223 e. The molecule has 3 heteroatoms. The molecule has 6 atom stereocenters. The van der Waals surface area contributed by atoms with Crippen LogP contribution in [0.5, 0.6) is 0 Å². The van der Waals surface area contributed by atoms with Crippen molar-refractivity contribution in [2.75, 3.05) is 0 Å². The monoisotopic (exact) mass is 297 g/mol. The highest BCUT2D eigenvalue weighted by Gasteiger charge is 2.67. The summed E-state index contributed by atoms with van der Waals surface area (Å²) in [4.78, 5) is 12.8. The van der Waals surface area contributed by atoms with E-state index >= 15 is 0 Å². The fourth-order valence-corrected chi connectivity index (χ4v) is 5.75. The third kappa shape index (κ3) is 1.54. The van der Waals surface area contributed by atoms with E-state index in [4.69, 9.17) is 0 Å². The van der Waals surface area contributed by atoms with Crippen molar-refractivity contribution in [1.82, 2.24) is 5.32 Å². The highest BCUT2D eigenvalue weighted by atomic mass is 79.9. The van der Waals surface area contributed by atoms with Gasteiger partial charge < -0.3 is 5.32 Å². The second kappa shape index (κ2) is 3.72. The molecular formula is C14H20BrNO. The minimum Gasteiger partial charge on any atom is -0.352 e. The first-order chi connectivity index (χ1) is 8.25. The molecule has 94 valence electrons. The molecule has 4 aliphatic carbocycles. The summed E-state index contributed by atoms with van der Waals surface area (Å²) in [6, 6.07) is 0.404. The van der Waals surface area contributed by atoms with E-state index in [-0.39, 0.29) is 0 Å². The molecule has 4 saturated carbocycles. The summed E-state index contributed by atoms with van der Waals surface area (Å²) in [7, 11) is 0. The van der Waals surface area contributed by atoms with Crippen LogP contribution in [0.1, 0.15) is 38.5 Å². The second-order valence-corrected chi connectivity index (χ2v) is 7.75. The Hall–Kier alpha value is -0.0500. The normalized spacial score (nSPS) is 54.8. The number of hydrogen-bond donors (Lipinski definition) is 1. The lowest BCUT2D eigenvalue weighted by atomic mass is 10.0. The molecular weight excluding hydrogens is 278 g/mol. The predicted molar refractivity (Wildman–Crippen MR) is 69.8 cm³/mol. The maximum Gasteiger partial charge on any atom is 0.223 e. The summed E-state index contributed by atoms with van der Waals surface area (Å²) in [6.45, 7) is 0. The molecule has 1 N–H and O–H groups in total. The summed E-state index contributed by atoms with van der Waals surface area (Å²) in [5.74, 6) is 4.16. The van der Waals surface area contributed by atoms with Gasteiger partial charge in [0.15, 0.2) is 0 Å². The number of carbonyl (C=O) groups is 1. The van der Waals surface area contributed by atoms with Gasteiger partial charge in [0, 0.05) is 16.8 Å². The van der Waals surface area contributed by atoms with E-state index in [1.54, 1.807) is 0 Å². The number of nitrogens with one attached hydrogen (secondary N) is 1. The van der Waals surface area contributed by atoms with Gasteiger partial charge >= 0.3 is 0 Å². The lowest BCUT2D eigenvalue weighted by Crippen LogP contribution is -2.39. The van der Waals surface area contributed by atoms with E-state index in [2.05, 4.69) is 21.2 Å². The van der Waals surface area contributed by atoms with E-state index in [9.17, 15) is 4.79 Å². The fourth-order valence-electron chi connectivity index (χ4n) is 5.03. The average Bonchev–Trinajstić information content (AvgIpc) is 2.64. The van der Waals surface area contributed by atoms with Gasteiger partial charge in [0.2, 0.25) is 5.91 Å². The number of alkyl halides is 1. The molecule has 17 heavy (non-hydrogen) atoms. The van der Waals surface area contributed by atoms with Gasteiger partial charge in [-0.2, -0.15) is 0 Å². The van der Waals surface area contributed by atoms with Crippen molar-refractivity contribution >= 4 is 21.8 Å². The molecule has 0 radical (unpaired) electrons. The van der Waals surface area contributed by atoms with Crippen molar-refractivity contribution < 1.29 is 4.79 Å². The van der Waals surface area contributed by atoms with Crippen LogP contribution in [-0.4, -0.2) is 16.8 Å². The van der Waals surface area contributed by atoms with E-state index < -0.39 is 0 Å². The van der Waals surface area contributed by atoms with Gasteiger partial charge in [-0.15, -0.1) is 0 Å². The van der Waals surface area contributed by atoms with Crippen LogP contribution in [0.4, 0.5) is 0 Å². The van der Waals surface area contributed by atoms with Crippen molar-refractivity contribution in [3.63, 3.8) is 0 Å². The Labute approximate surface area is 111 Å². The molecule has 1 amide bonds. The van der Waals surface area contributed by atoms with E-state index in [1.165, 1.54) is 32.1 Å². The number of hydrogen-bond acceptors (Lipinski definition) is 1. The predicted octanol–water partition coefficient (Wildman–Crippen LogP) is 2.71. The largest absolute Gasteiger partial charge is 0.352 e. The van der Waals surface area contributed by atoms with Gasteiger partial charge in [-0.05, 0) is 55.8 Å². The molecule has 6 unspecified atom stereocenters. The Balaban J connectivity index is 1.39. The number of fused-ring (bicyclic) bond motifs is 5. The van der Waals surface area contributed by atoms with E-state index in [1.807, 2.05) is 0 Å². The Morgan fingerprint density at radius 1 is 1.06 bits per heavy atom. The van der Waals surface area contributed by atoms with Crippen LogP contribution in [0.15, 0.2) is 0 Å². The summed E-state index contributed by atoms with van der Waals surface area (Å²) in [5.41, 5.74) is 0. The summed E-state index contributed by atoms with van der Waals surface area (Å²) in [6.07, 6.45) is 7.87. The molecule has 4 fully saturated rings.